The van der Waals surface area contributed by atoms with Gasteiger partial charge in [0, 0.05) is 25.0 Å². The molecule has 3 aromatic carbocycles. The van der Waals surface area contributed by atoms with Crippen molar-refractivity contribution in [2.75, 3.05) is 37.0 Å². The van der Waals surface area contributed by atoms with Crippen molar-refractivity contribution in [1.82, 2.24) is 0 Å². The Hall–Kier alpha value is -3.21. The van der Waals surface area contributed by atoms with Crippen molar-refractivity contribution >= 4 is 11.4 Å². The Kier molecular flexibility index (Phi) is 5.56. The van der Waals surface area contributed by atoms with E-state index in [0.717, 1.165) is 30.2 Å². The predicted molar refractivity (Wildman–Crippen MR) is 115 cm³/mol. The van der Waals surface area contributed by atoms with Crippen molar-refractivity contribution in [3.63, 3.8) is 0 Å². The van der Waals surface area contributed by atoms with Crippen LogP contribution in [0, 0.1) is 5.82 Å². The number of halogens is 1. The molecule has 5 heteroatoms. The summed E-state index contributed by atoms with van der Waals surface area (Å²) >= 11 is 0. The molecule has 0 saturated carbocycles. The van der Waals surface area contributed by atoms with Crippen molar-refractivity contribution in [2.24, 2.45) is 0 Å². The second-order valence-corrected chi connectivity index (χ2v) is 7.24. The number of likely N-dealkylation sites (N-methyl/N-ethyl adjacent to an activating group) is 1. The normalized spacial score (nSPS) is 18.1. The van der Waals surface area contributed by atoms with Crippen molar-refractivity contribution in [3.8, 4) is 11.5 Å². The van der Waals surface area contributed by atoms with Crippen molar-refractivity contribution in [1.29, 1.82) is 0 Å². The molecule has 29 heavy (non-hydrogen) atoms. The summed E-state index contributed by atoms with van der Waals surface area (Å²) in [5.41, 5.74) is 2.30. The van der Waals surface area contributed by atoms with E-state index in [1.165, 1.54) is 12.1 Å². The maximum Gasteiger partial charge on any atom is 0.138 e. The number of ether oxygens (including phenoxy) is 2. The Morgan fingerprint density at radius 1 is 0.931 bits per heavy atom. The van der Waals surface area contributed by atoms with Crippen LogP contribution in [0.4, 0.5) is 15.8 Å². The van der Waals surface area contributed by atoms with Crippen LogP contribution in [0.1, 0.15) is 0 Å². The van der Waals surface area contributed by atoms with E-state index in [1.807, 2.05) is 30.3 Å². The first-order valence-corrected chi connectivity index (χ1v) is 9.73. The molecule has 3 aromatic rings. The molecule has 0 bridgehead atoms. The second kappa shape index (κ2) is 8.43. The number of anilines is 2. The summed E-state index contributed by atoms with van der Waals surface area (Å²) in [7, 11) is 3.76. The lowest BCUT2D eigenvalue weighted by molar-refractivity contribution is 0.118. The van der Waals surface area contributed by atoms with Crippen LogP contribution in [-0.4, -0.2) is 39.4 Å². The van der Waals surface area contributed by atoms with Gasteiger partial charge in [-0.2, -0.15) is 0 Å². The smallest absolute Gasteiger partial charge is 0.138 e. The Bertz CT molecular complexity index is 916. The zero-order valence-electron chi connectivity index (χ0n) is 16.7. The molecule has 0 amide bonds. The molecule has 1 aliphatic heterocycles. The first kappa shape index (κ1) is 19.1. The fourth-order valence-corrected chi connectivity index (χ4v) is 3.67. The summed E-state index contributed by atoms with van der Waals surface area (Å²) in [5.74, 6) is 1.27. The zero-order valence-corrected chi connectivity index (χ0v) is 16.7. The summed E-state index contributed by atoms with van der Waals surface area (Å²) in [6.45, 7) is 1.58. The number of para-hydroxylation sites is 1. The Labute approximate surface area is 171 Å². The lowest BCUT2D eigenvalue weighted by Crippen LogP contribution is -2.66. The fraction of sp³-hybridized carbons (Fsp3) is 0.250. The highest BCUT2D eigenvalue weighted by atomic mass is 19.1. The summed E-state index contributed by atoms with van der Waals surface area (Å²) in [5, 5.41) is 0. The first-order valence-electron chi connectivity index (χ1n) is 9.73. The Balaban J connectivity index is 1.52. The topological polar surface area (TPSA) is 24.9 Å². The van der Waals surface area contributed by atoms with Crippen molar-refractivity contribution < 1.29 is 13.9 Å². The summed E-state index contributed by atoms with van der Waals surface area (Å²) in [6.07, 6.45) is 0.0220. The van der Waals surface area contributed by atoms with Crippen LogP contribution in [-0.2, 0) is 0 Å². The largest absolute Gasteiger partial charge is 0.497 e. The van der Waals surface area contributed by atoms with Gasteiger partial charge in [0.1, 0.15) is 23.4 Å². The average Bonchev–Trinajstić information content (AvgIpc) is 2.76. The predicted octanol–water partition coefficient (Wildman–Crippen LogP) is 4.61. The van der Waals surface area contributed by atoms with Gasteiger partial charge < -0.3 is 19.3 Å². The van der Waals surface area contributed by atoms with Gasteiger partial charge in [0.2, 0.25) is 0 Å². The lowest BCUT2D eigenvalue weighted by Gasteiger charge is -2.50. The fourth-order valence-electron chi connectivity index (χ4n) is 3.67. The molecule has 0 radical (unpaired) electrons. The summed E-state index contributed by atoms with van der Waals surface area (Å²) in [6, 6.07) is 24.8. The monoisotopic (exact) mass is 392 g/mol. The highest BCUT2D eigenvalue weighted by Crippen LogP contribution is 2.32. The van der Waals surface area contributed by atoms with Gasteiger partial charge in [-0.3, -0.25) is 0 Å². The minimum atomic E-state index is -0.258. The Morgan fingerprint density at radius 3 is 2.24 bits per heavy atom. The lowest BCUT2D eigenvalue weighted by atomic mass is 9.96. The van der Waals surface area contributed by atoms with Crippen LogP contribution in [0.2, 0.25) is 0 Å². The van der Waals surface area contributed by atoms with Gasteiger partial charge in [0.05, 0.1) is 19.7 Å². The maximum absolute atomic E-state index is 13.2. The quantitative estimate of drug-likeness (QED) is 0.586. The SMILES string of the molecule is COc1ccc(N2C[C@@H](Oc3ccc(F)cc3)[C@H]2CN(C)c2ccccc2)cc1. The number of hydrogen-bond donors (Lipinski definition) is 0. The van der Waals surface area contributed by atoms with Crippen molar-refractivity contribution in [2.45, 2.75) is 12.1 Å². The summed E-state index contributed by atoms with van der Waals surface area (Å²) < 4.78 is 24.7. The molecule has 0 aromatic heterocycles. The van der Waals surface area contributed by atoms with Gasteiger partial charge in [-0.15, -0.1) is 0 Å². The number of rotatable bonds is 7. The van der Waals surface area contributed by atoms with Gasteiger partial charge in [-0.05, 0) is 60.7 Å². The third-order valence-corrected chi connectivity index (χ3v) is 5.37. The van der Waals surface area contributed by atoms with E-state index in [9.17, 15) is 4.39 Å². The van der Waals surface area contributed by atoms with E-state index in [0.29, 0.717) is 5.75 Å². The first-order chi connectivity index (χ1) is 14.1. The minimum Gasteiger partial charge on any atom is -0.497 e. The van der Waals surface area contributed by atoms with Crippen LogP contribution >= 0.6 is 0 Å². The standard InChI is InChI=1S/C24H25FN2O2/c1-26(19-6-4-3-5-7-19)16-23-24(29-22-12-8-18(25)9-13-22)17-27(23)20-10-14-21(28-2)15-11-20/h3-15,23-24H,16-17H2,1-2H3/t23-,24-/m1/s1. The van der Waals surface area contributed by atoms with Crippen LogP contribution in [0.3, 0.4) is 0 Å². The van der Waals surface area contributed by atoms with Gasteiger partial charge in [-0.25, -0.2) is 4.39 Å². The van der Waals surface area contributed by atoms with Gasteiger partial charge in [0.15, 0.2) is 0 Å². The zero-order chi connectivity index (χ0) is 20.2. The number of nitrogens with zero attached hydrogens (tertiary/aromatic N) is 2. The molecular weight excluding hydrogens is 367 g/mol. The van der Waals surface area contributed by atoms with Crippen LogP contribution in [0.15, 0.2) is 78.9 Å². The second-order valence-electron chi connectivity index (χ2n) is 7.24. The van der Waals surface area contributed by atoms with Crippen molar-refractivity contribution in [3.05, 3.63) is 84.7 Å². The molecule has 1 fully saturated rings. The van der Waals surface area contributed by atoms with E-state index < -0.39 is 0 Å². The molecule has 4 rings (SSSR count). The molecule has 0 aliphatic carbocycles. The average molecular weight is 392 g/mol. The Morgan fingerprint density at radius 2 is 1.59 bits per heavy atom. The molecular formula is C24H25FN2O2. The summed E-state index contributed by atoms with van der Waals surface area (Å²) in [4.78, 5) is 4.58. The van der Waals surface area contributed by atoms with Crippen LogP contribution in [0.5, 0.6) is 11.5 Å². The van der Waals surface area contributed by atoms with E-state index in [-0.39, 0.29) is 18.0 Å². The molecule has 4 nitrogen and oxygen atoms in total. The number of benzene rings is 3. The van der Waals surface area contributed by atoms with E-state index in [4.69, 9.17) is 9.47 Å². The molecule has 150 valence electrons. The molecule has 0 spiro atoms. The molecule has 1 saturated heterocycles. The third-order valence-electron chi connectivity index (χ3n) is 5.37. The van der Waals surface area contributed by atoms with Gasteiger partial charge in [-0.1, -0.05) is 18.2 Å². The van der Waals surface area contributed by atoms with E-state index in [1.54, 1.807) is 19.2 Å². The molecule has 0 unspecified atom stereocenters. The third kappa shape index (κ3) is 4.29. The van der Waals surface area contributed by atoms with Gasteiger partial charge in [0.25, 0.3) is 0 Å². The van der Waals surface area contributed by atoms with Crippen LogP contribution < -0.4 is 19.3 Å². The van der Waals surface area contributed by atoms with E-state index in [2.05, 4.69) is 41.1 Å². The number of hydrogen-bond acceptors (Lipinski definition) is 4. The molecule has 2 atom stereocenters. The molecule has 1 aliphatic rings. The maximum atomic E-state index is 13.2. The number of methoxy groups -OCH3 is 1. The highest BCUT2D eigenvalue weighted by molar-refractivity contribution is 5.55. The molecule has 0 N–H and O–H groups in total. The highest BCUT2D eigenvalue weighted by Gasteiger charge is 2.41. The molecule has 1 heterocycles. The van der Waals surface area contributed by atoms with Crippen LogP contribution in [0.25, 0.3) is 0 Å². The van der Waals surface area contributed by atoms with E-state index >= 15 is 0 Å². The minimum absolute atomic E-state index is 0.0220. The van der Waals surface area contributed by atoms with Gasteiger partial charge >= 0.3 is 0 Å².